The van der Waals surface area contributed by atoms with E-state index in [1.807, 2.05) is 0 Å². The van der Waals surface area contributed by atoms with E-state index in [0.717, 1.165) is 0 Å². The summed E-state index contributed by atoms with van der Waals surface area (Å²) in [5.41, 5.74) is 0. The van der Waals surface area contributed by atoms with E-state index in [9.17, 15) is 0 Å². The standard InChI is InChI=1S/Cr.4H2O.Sb.Ti/h;4*1H2;;/q+2;;;;;+3;/p-4. The Morgan fingerprint density at radius 3 is 0.571 bits per heavy atom. The van der Waals surface area contributed by atoms with Crippen molar-refractivity contribution >= 4 is 24.4 Å². The molecular weight excluding hydrogens is 286 g/mol. The molecule has 0 aliphatic rings. The van der Waals surface area contributed by atoms with Gasteiger partial charge in [0.05, 0.1) is 0 Å². The summed E-state index contributed by atoms with van der Waals surface area (Å²) in [4.78, 5) is 0. The molecule has 0 spiro atoms. The van der Waals surface area contributed by atoms with Crippen molar-refractivity contribution in [2.24, 2.45) is 0 Å². The monoisotopic (exact) mass is 289 g/mol. The molecule has 42 valence electrons. The quantitative estimate of drug-likeness (QED) is 0.526. The van der Waals surface area contributed by atoms with Crippen molar-refractivity contribution in [1.29, 1.82) is 0 Å². The molecule has 4 N–H and O–H groups in total. The van der Waals surface area contributed by atoms with E-state index >= 15 is 0 Å². The minimum absolute atomic E-state index is 0. The van der Waals surface area contributed by atoms with Gasteiger partial charge in [0.1, 0.15) is 0 Å². The van der Waals surface area contributed by atoms with Crippen molar-refractivity contribution < 1.29 is 61.0 Å². The van der Waals surface area contributed by atoms with Crippen LogP contribution >= 0.6 is 0 Å². The van der Waals surface area contributed by atoms with Crippen LogP contribution < -0.4 is 0 Å². The molecule has 0 aromatic rings. The second-order valence-electron chi connectivity index (χ2n) is 0. The Labute approximate surface area is 84.7 Å². The van der Waals surface area contributed by atoms with Crippen LogP contribution in [0.25, 0.3) is 0 Å². The molecule has 2 radical (unpaired) electrons. The molecule has 0 fully saturated rings. The first-order valence-corrected chi connectivity index (χ1v) is 0. The van der Waals surface area contributed by atoms with Gasteiger partial charge in [-0.2, -0.15) is 0 Å². The molecule has 0 aromatic heterocycles. The summed E-state index contributed by atoms with van der Waals surface area (Å²) >= 11 is 0. The van der Waals surface area contributed by atoms with E-state index in [-0.39, 0.29) is 85.4 Å². The molecule has 0 amide bonds. The average molecular weight is 290 g/mol. The van der Waals surface area contributed by atoms with E-state index in [1.54, 1.807) is 0 Å². The molecule has 0 bridgehead atoms. The predicted octanol–water partition coefficient (Wildman–Crippen LogP) is -1.09. The first-order valence-electron chi connectivity index (χ1n) is 0. The Bertz CT molecular complexity index is 11.7. The number of rotatable bonds is 0. The van der Waals surface area contributed by atoms with Crippen LogP contribution in [-0.2, 0) is 39.1 Å². The minimum atomic E-state index is 0. The number of hydrogen-bond donors (Lipinski definition) is 0. The zero-order valence-electron chi connectivity index (χ0n) is 3.14. The molecule has 7 heavy (non-hydrogen) atoms. The Balaban J connectivity index is 0. The van der Waals surface area contributed by atoms with Crippen LogP contribution in [-0.4, -0.2) is 46.3 Å². The molecule has 0 rings (SSSR count). The fourth-order valence-electron chi connectivity index (χ4n) is 0. The third kappa shape index (κ3) is 76.0. The molecule has 0 heterocycles. The van der Waals surface area contributed by atoms with Crippen molar-refractivity contribution in [3.63, 3.8) is 0 Å². The van der Waals surface area contributed by atoms with Gasteiger partial charge in [-0.25, -0.2) is 0 Å². The smallest absolute Gasteiger partial charge is 0.870 e. The topological polar surface area (TPSA) is 120 Å². The summed E-state index contributed by atoms with van der Waals surface area (Å²) in [7, 11) is 0. The maximum Gasteiger partial charge on any atom is 3.00 e. The maximum atomic E-state index is 0. The van der Waals surface area contributed by atoms with E-state index in [2.05, 4.69) is 0 Å². The summed E-state index contributed by atoms with van der Waals surface area (Å²) in [6, 6.07) is 0. The normalized spacial score (nSPS) is 0. The van der Waals surface area contributed by atoms with Crippen LogP contribution in [0.1, 0.15) is 0 Å². The second kappa shape index (κ2) is 104. The maximum absolute atomic E-state index is 0. The third-order valence-corrected chi connectivity index (χ3v) is 0. The van der Waals surface area contributed by atoms with Crippen molar-refractivity contribution in [3.8, 4) is 0 Å². The van der Waals surface area contributed by atoms with Crippen LogP contribution in [0.3, 0.4) is 0 Å². The second-order valence-corrected chi connectivity index (χ2v) is 0. The largest absolute Gasteiger partial charge is 3.00 e. The van der Waals surface area contributed by atoms with Crippen LogP contribution in [0.2, 0.25) is 0 Å². The molecule has 4 nitrogen and oxygen atoms in total. The molecule has 0 unspecified atom stereocenters. The molecular formula is H4CrO4SbTi+. The first-order chi connectivity index (χ1) is 0. The van der Waals surface area contributed by atoms with Gasteiger partial charge in [0, 0.05) is 21.7 Å². The van der Waals surface area contributed by atoms with Gasteiger partial charge in [-0.3, -0.25) is 0 Å². The zero-order valence-corrected chi connectivity index (χ0v) is 8.53. The molecule has 0 atom stereocenters. The van der Waals surface area contributed by atoms with Gasteiger partial charge in [0.2, 0.25) is 0 Å². The van der Waals surface area contributed by atoms with E-state index in [0.29, 0.717) is 0 Å². The van der Waals surface area contributed by atoms with Crippen molar-refractivity contribution in [1.82, 2.24) is 0 Å². The van der Waals surface area contributed by atoms with E-state index < -0.39 is 0 Å². The molecule has 0 aliphatic heterocycles. The summed E-state index contributed by atoms with van der Waals surface area (Å²) in [6.07, 6.45) is 0. The molecule has 7 heteroatoms. The SMILES string of the molecule is [Cr+2].[OH-].[OH-].[OH-].[OH-].[Sb+3].[Ti]. The van der Waals surface area contributed by atoms with Gasteiger partial charge in [0.25, 0.3) is 0 Å². The van der Waals surface area contributed by atoms with Crippen LogP contribution in [0.5, 0.6) is 0 Å². The summed E-state index contributed by atoms with van der Waals surface area (Å²) < 4.78 is 0. The van der Waals surface area contributed by atoms with Crippen LogP contribution in [0, 0.1) is 0 Å². The summed E-state index contributed by atoms with van der Waals surface area (Å²) in [5, 5.41) is 0. The molecule has 0 aliphatic carbocycles. The zero-order chi connectivity index (χ0) is 0. The predicted molar refractivity (Wildman–Crippen MR) is 13.5 cm³/mol. The van der Waals surface area contributed by atoms with Crippen molar-refractivity contribution in [3.05, 3.63) is 0 Å². The molecule has 0 saturated carbocycles. The molecule has 0 aromatic carbocycles. The Morgan fingerprint density at radius 1 is 0.571 bits per heavy atom. The van der Waals surface area contributed by atoms with E-state index in [1.165, 1.54) is 0 Å². The summed E-state index contributed by atoms with van der Waals surface area (Å²) in [6.45, 7) is 0. The van der Waals surface area contributed by atoms with Crippen molar-refractivity contribution in [2.75, 3.05) is 0 Å². The van der Waals surface area contributed by atoms with Crippen molar-refractivity contribution in [2.45, 2.75) is 0 Å². The third-order valence-electron chi connectivity index (χ3n) is 0. The first kappa shape index (κ1) is 153. The fourth-order valence-corrected chi connectivity index (χ4v) is 0. The Kier molecular flexibility index (Phi) is 2280. The Morgan fingerprint density at radius 2 is 0.571 bits per heavy atom. The van der Waals surface area contributed by atoms with E-state index in [4.69, 9.17) is 0 Å². The average Bonchev–Trinajstić information content (AvgIpc) is 0. The van der Waals surface area contributed by atoms with Gasteiger partial charge in [0.15, 0.2) is 0 Å². The van der Waals surface area contributed by atoms with Crippen LogP contribution in [0.4, 0.5) is 0 Å². The van der Waals surface area contributed by atoms with Gasteiger partial charge in [-0.05, 0) is 0 Å². The van der Waals surface area contributed by atoms with Gasteiger partial charge >= 0.3 is 41.8 Å². The Hall–Kier alpha value is 1.90. The van der Waals surface area contributed by atoms with Gasteiger partial charge < -0.3 is 21.9 Å². The molecule has 0 saturated heterocycles. The van der Waals surface area contributed by atoms with Crippen LogP contribution in [0.15, 0.2) is 0 Å². The number of hydrogen-bond acceptors (Lipinski definition) is 4. The fraction of sp³-hybridized carbons (Fsp3) is 0. The van der Waals surface area contributed by atoms with Gasteiger partial charge in [-0.1, -0.05) is 0 Å². The minimum Gasteiger partial charge on any atom is -0.870 e. The van der Waals surface area contributed by atoms with Gasteiger partial charge in [-0.15, -0.1) is 0 Å². The summed E-state index contributed by atoms with van der Waals surface area (Å²) in [5.74, 6) is 0.